The maximum Gasteiger partial charge on any atom is 0.339 e. The Labute approximate surface area is 122 Å². The molecule has 0 aromatic heterocycles. The maximum absolute atomic E-state index is 13.1. The van der Waals surface area contributed by atoms with Gasteiger partial charge in [-0.05, 0) is 34.4 Å². The fourth-order valence-corrected chi connectivity index (χ4v) is 2.12. The van der Waals surface area contributed by atoms with Gasteiger partial charge in [0.25, 0.3) is 0 Å². The molecule has 2 rings (SSSR count). The lowest BCUT2D eigenvalue weighted by molar-refractivity contribution is 0.0601. The molecule has 0 saturated carbocycles. The zero-order valence-electron chi connectivity index (χ0n) is 11.6. The van der Waals surface area contributed by atoms with Crippen molar-refractivity contribution in [2.75, 3.05) is 13.7 Å². The standard InChI is InChI=1S/C17H15FO3/c1-11(10-19)14-4-3-5-15(16(14)17(20)21-2)12-6-8-13(18)9-7-12/h3-9,19H,1,10H2,2H3. The number of benzene rings is 2. The van der Waals surface area contributed by atoms with Gasteiger partial charge >= 0.3 is 5.97 Å². The number of aliphatic hydroxyl groups is 1. The highest BCUT2D eigenvalue weighted by Gasteiger charge is 2.19. The number of aliphatic hydroxyl groups excluding tert-OH is 1. The second-order valence-electron chi connectivity index (χ2n) is 4.49. The molecule has 0 atom stereocenters. The molecule has 4 heteroatoms. The van der Waals surface area contributed by atoms with Gasteiger partial charge < -0.3 is 9.84 Å². The Bertz CT molecular complexity index is 675. The second-order valence-corrected chi connectivity index (χ2v) is 4.49. The van der Waals surface area contributed by atoms with E-state index >= 15 is 0 Å². The molecule has 2 aromatic carbocycles. The summed E-state index contributed by atoms with van der Waals surface area (Å²) in [5.74, 6) is -0.881. The van der Waals surface area contributed by atoms with Crippen LogP contribution in [-0.4, -0.2) is 24.8 Å². The quantitative estimate of drug-likeness (QED) is 0.877. The summed E-state index contributed by atoms with van der Waals surface area (Å²) in [6.07, 6.45) is 0. The SMILES string of the molecule is C=C(CO)c1cccc(-c2ccc(F)cc2)c1C(=O)OC. The predicted molar refractivity (Wildman–Crippen MR) is 79.3 cm³/mol. The van der Waals surface area contributed by atoms with Gasteiger partial charge in [0.1, 0.15) is 5.82 Å². The maximum atomic E-state index is 13.1. The number of rotatable bonds is 4. The van der Waals surface area contributed by atoms with Crippen LogP contribution in [0.1, 0.15) is 15.9 Å². The van der Waals surface area contributed by atoms with Gasteiger partial charge in [0.05, 0.1) is 19.3 Å². The largest absolute Gasteiger partial charge is 0.465 e. The first kappa shape index (κ1) is 14.9. The van der Waals surface area contributed by atoms with Crippen LogP contribution in [0.4, 0.5) is 4.39 Å². The van der Waals surface area contributed by atoms with Crippen molar-refractivity contribution in [2.45, 2.75) is 0 Å². The number of halogens is 1. The molecule has 0 saturated heterocycles. The summed E-state index contributed by atoms with van der Waals surface area (Å²) in [6, 6.07) is 11.0. The van der Waals surface area contributed by atoms with Gasteiger partial charge in [0, 0.05) is 0 Å². The summed E-state index contributed by atoms with van der Waals surface area (Å²) in [4.78, 5) is 12.1. The van der Waals surface area contributed by atoms with Crippen molar-refractivity contribution in [3.63, 3.8) is 0 Å². The molecular weight excluding hydrogens is 271 g/mol. The fraction of sp³-hybridized carbons (Fsp3) is 0.118. The smallest absolute Gasteiger partial charge is 0.339 e. The second kappa shape index (κ2) is 6.33. The zero-order chi connectivity index (χ0) is 15.4. The van der Waals surface area contributed by atoms with Crippen LogP contribution in [-0.2, 0) is 4.74 Å². The van der Waals surface area contributed by atoms with Crippen molar-refractivity contribution < 1.29 is 19.0 Å². The van der Waals surface area contributed by atoms with Crippen LogP contribution in [0.15, 0.2) is 49.0 Å². The fourth-order valence-electron chi connectivity index (χ4n) is 2.12. The number of hydrogen-bond acceptors (Lipinski definition) is 3. The lowest BCUT2D eigenvalue weighted by Gasteiger charge is -2.14. The van der Waals surface area contributed by atoms with Crippen LogP contribution in [0.3, 0.4) is 0 Å². The Balaban J connectivity index is 2.68. The molecule has 0 heterocycles. The van der Waals surface area contributed by atoms with Crippen molar-refractivity contribution in [3.05, 3.63) is 66.0 Å². The van der Waals surface area contributed by atoms with E-state index in [0.717, 1.165) is 0 Å². The number of methoxy groups -OCH3 is 1. The van der Waals surface area contributed by atoms with Crippen molar-refractivity contribution in [3.8, 4) is 11.1 Å². The van der Waals surface area contributed by atoms with Gasteiger partial charge in [-0.2, -0.15) is 0 Å². The predicted octanol–water partition coefficient (Wildman–Crippen LogP) is 3.28. The molecule has 2 aromatic rings. The van der Waals surface area contributed by atoms with Crippen LogP contribution in [0.25, 0.3) is 16.7 Å². The van der Waals surface area contributed by atoms with Crippen molar-refractivity contribution in [1.29, 1.82) is 0 Å². The highest BCUT2D eigenvalue weighted by Crippen LogP contribution is 2.30. The minimum Gasteiger partial charge on any atom is -0.465 e. The topological polar surface area (TPSA) is 46.5 Å². The van der Waals surface area contributed by atoms with E-state index in [0.29, 0.717) is 27.8 Å². The van der Waals surface area contributed by atoms with Crippen LogP contribution < -0.4 is 0 Å². The Kier molecular flexibility index (Phi) is 4.50. The molecule has 0 radical (unpaired) electrons. The van der Waals surface area contributed by atoms with E-state index in [4.69, 9.17) is 4.74 Å². The first-order valence-electron chi connectivity index (χ1n) is 6.34. The van der Waals surface area contributed by atoms with Gasteiger partial charge in [-0.3, -0.25) is 0 Å². The molecule has 0 aliphatic carbocycles. The number of ether oxygens (including phenoxy) is 1. The van der Waals surface area contributed by atoms with Crippen LogP contribution in [0.5, 0.6) is 0 Å². The first-order valence-corrected chi connectivity index (χ1v) is 6.34. The Morgan fingerprint density at radius 1 is 1.24 bits per heavy atom. The third-order valence-corrected chi connectivity index (χ3v) is 3.18. The molecule has 3 nitrogen and oxygen atoms in total. The van der Waals surface area contributed by atoms with Gasteiger partial charge in [0.15, 0.2) is 0 Å². The van der Waals surface area contributed by atoms with Gasteiger partial charge in [-0.1, -0.05) is 36.9 Å². The molecule has 21 heavy (non-hydrogen) atoms. The molecule has 0 bridgehead atoms. The van der Waals surface area contributed by atoms with Gasteiger partial charge in [-0.25, -0.2) is 9.18 Å². The summed E-state index contributed by atoms with van der Waals surface area (Å²) < 4.78 is 17.9. The summed E-state index contributed by atoms with van der Waals surface area (Å²) in [6.45, 7) is 3.48. The van der Waals surface area contributed by atoms with Crippen LogP contribution in [0.2, 0.25) is 0 Å². The normalized spacial score (nSPS) is 10.2. The Morgan fingerprint density at radius 2 is 1.90 bits per heavy atom. The molecular formula is C17H15FO3. The van der Waals surface area contributed by atoms with Gasteiger partial charge in [-0.15, -0.1) is 0 Å². The highest BCUT2D eigenvalue weighted by molar-refractivity contribution is 6.02. The van der Waals surface area contributed by atoms with E-state index in [9.17, 15) is 14.3 Å². The van der Waals surface area contributed by atoms with Crippen molar-refractivity contribution in [2.24, 2.45) is 0 Å². The van der Waals surface area contributed by atoms with Crippen LogP contribution >= 0.6 is 0 Å². The highest BCUT2D eigenvalue weighted by atomic mass is 19.1. The average molecular weight is 286 g/mol. The molecule has 0 unspecified atom stereocenters. The molecule has 0 aliphatic heterocycles. The summed E-state index contributed by atoms with van der Waals surface area (Å²) in [5, 5.41) is 9.26. The average Bonchev–Trinajstić information content (AvgIpc) is 2.53. The minimum atomic E-state index is -0.528. The third-order valence-electron chi connectivity index (χ3n) is 3.18. The minimum absolute atomic E-state index is 0.267. The first-order chi connectivity index (χ1) is 10.1. The number of hydrogen-bond donors (Lipinski definition) is 1. The molecule has 108 valence electrons. The lowest BCUT2D eigenvalue weighted by atomic mass is 9.92. The van der Waals surface area contributed by atoms with E-state index < -0.39 is 5.97 Å². The van der Waals surface area contributed by atoms with Crippen molar-refractivity contribution in [1.82, 2.24) is 0 Å². The number of carbonyl (C=O) groups is 1. The molecule has 0 amide bonds. The number of carbonyl (C=O) groups excluding carboxylic acids is 1. The summed E-state index contributed by atoms with van der Waals surface area (Å²) >= 11 is 0. The molecule has 1 N–H and O–H groups in total. The summed E-state index contributed by atoms with van der Waals surface area (Å²) in [5.41, 5.74) is 2.54. The summed E-state index contributed by atoms with van der Waals surface area (Å²) in [7, 11) is 1.29. The van der Waals surface area contributed by atoms with E-state index in [-0.39, 0.29) is 12.4 Å². The van der Waals surface area contributed by atoms with E-state index in [2.05, 4.69) is 6.58 Å². The monoisotopic (exact) mass is 286 g/mol. The van der Waals surface area contributed by atoms with E-state index in [1.807, 2.05) is 0 Å². The van der Waals surface area contributed by atoms with Crippen LogP contribution in [0, 0.1) is 5.82 Å². The third kappa shape index (κ3) is 3.01. The lowest BCUT2D eigenvalue weighted by Crippen LogP contribution is -2.08. The Morgan fingerprint density at radius 3 is 2.48 bits per heavy atom. The molecule has 0 spiro atoms. The Hall–Kier alpha value is -2.46. The zero-order valence-corrected chi connectivity index (χ0v) is 11.6. The van der Waals surface area contributed by atoms with E-state index in [1.165, 1.54) is 19.2 Å². The number of esters is 1. The van der Waals surface area contributed by atoms with Gasteiger partial charge in [0.2, 0.25) is 0 Å². The van der Waals surface area contributed by atoms with Crippen molar-refractivity contribution >= 4 is 11.5 Å². The van der Waals surface area contributed by atoms with E-state index in [1.54, 1.807) is 30.3 Å². The molecule has 0 aliphatic rings. The molecule has 0 fully saturated rings.